The van der Waals surface area contributed by atoms with Gasteiger partial charge < -0.3 is 14.6 Å². The number of ether oxygens (including phenoxy) is 1. The van der Waals surface area contributed by atoms with E-state index in [1.165, 1.54) is 18.2 Å². The zero-order valence-electron chi connectivity index (χ0n) is 21.4. The minimum absolute atomic E-state index is 0.148. The largest absolute Gasteiger partial charge is 0.464 e. The van der Waals surface area contributed by atoms with Crippen LogP contribution in [0.1, 0.15) is 30.1 Å². The van der Waals surface area contributed by atoms with Crippen LogP contribution in [-0.2, 0) is 19.6 Å². The van der Waals surface area contributed by atoms with Gasteiger partial charge in [-0.15, -0.1) is 0 Å². The molecule has 0 radical (unpaired) electrons. The van der Waals surface area contributed by atoms with Crippen molar-refractivity contribution in [2.24, 2.45) is 0 Å². The van der Waals surface area contributed by atoms with E-state index in [1.54, 1.807) is 43.4 Å². The Balaban J connectivity index is 1.76. The number of aromatic nitrogens is 1. The lowest BCUT2D eigenvalue weighted by molar-refractivity contribution is -0.141. The lowest BCUT2D eigenvalue weighted by atomic mass is 10.2. The van der Waals surface area contributed by atoms with Crippen LogP contribution in [0.4, 0.5) is 5.69 Å². The molecule has 0 unspecified atom stereocenters. The number of hydrogen-bond donors (Lipinski definition) is 1. The number of nitrogens with one attached hydrogen (secondary N) is 1. The van der Waals surface area contributed by atoms with Crippen LogP contribution >= 0.6 is 23.2 Å². The standard InChI is InChI=1S/C28H27Cl2N3O5S/c1-3-4-12-38-27(34)18-33(39(36,37)25-16-21(29)15-22(30)17-25)24-8-9-26-19(13-24)10-11-32(26)23-7-5-6-20(14-23)28(35)31-2/h5-11,13-17H,3-4,12,18H2,1-2H3,(H,31,35). The summed E-state index contributed by atoms with van der Waals surface area (Å²) >= 11 is 12.2. The van der Waals surface area contributed by atoms with Crippen LogP contribution in [0, 0.1) is 0 Å². The molecule has 8 nitrogen and oxygen atoms in total. The first-order chi connectivity index (χ1) is 18.6. The average molecular weight is 589 g/mol. The van der Waals surface area contributed by atoms with E-state index in [1.807, 2.05) is 29.8 Å². The van der Waals surface area contributed by atoms with E-state index in [4.69, 9.17) is 27.9 Å². The Kier molecular flexibility index (Phi) is 8.84. The molecule has 39 heavy (non-hydrogen) atoms. The van der Waals surface area contributed by atoms with Crippen molar-refractivity contribution in [1.29, 1.82) is 0 Å². The van der Waals surface area contributed by atoms with Crippen molar-refractivity contribution in [1.82, 2.24) is 9.88 Å². The Labute approximate surface area is 237 Å². The van der Waals surface area contributed by atoms with Crippen molar-refractivity contribution in [3.8, 4) is 5.69 Å². The Hall–Kier alpha value is -3.53. The summed E-state index contributed by atoms with van der Waals surface area (Å²) in [6, 6.07) is 18.0. The lowest BCUT2D eigenvalue weighted by Gasteiger charge is -2.24. The molecule has 3 aromatic carbocycles. The zero-order chi connectivity index (χ0) is 28.2. The number of amides is 1. The summed E-state index contributed by atoms with van der Waals surface area (Å²) in [6.07, 6.45) is 3.32. The first-order valence-electron chi connectivity index (χ1n) is 12.2. The molecule has 4 aromatic rings. The fourth-order valence-electron chi connectivity index (χ4n) is 4.06. The quantitative estimate of drug-likeness (QED) is 0.186. The SMILES string of the molecule is CCCCOC(=O)CN(c1ccc2c(ccn2-c2cccc(C(=O)NC)c2)c1)S(=O)(=O)c1cc(Cl)cc(Cl)c1. The highest BCUT2D eigenvalue weighted by Crippen LogP contribution is 2.31. The van der Waals surface area contributed by atoms with Gasteiger partial charge in [0.2, 0.25) is 0 Å². The first-order valence-corrected chi connectivity index (χ1v) is 14.4. The molecule has 204 valence electrons. The van der Waals surface area contributed by atoms with E-state index in [0.717, 1.165) is 27.3 Å². The molecule has 1 aromatic heterocycles. The molecular weight excluding hydrogens is 561 g/mol. The van der Waals surface area contributed by atoms with Gasteiger partial charge in [0, 0.05) is 39.9 Å². The van der Waals surface area contributed by atoms with Gasteiger partial charge in [0.1, 0.15) is 6.54 Å². The van der Waals surface area contributed by atoms with Gasteiger partial charge in [-0.3, -0.25) is 13.9 Å². The molecule has 0 aliphatic heterocycles. The van der Waals surface area contributed by atoms with Crippen molar-refractivity contribution in [2.75, 3.05) is 24.5 Å². The maximum absolute atomic E-state index is 13.8. The number of sulfonamides is 1. The molecule has 4 rings (SSSR count). The predicted octanol–water partition coefficient (Wildman–Crippen LogP) is 5.84. The highest BCUT2D eigenvalue weighted by Gasteiger charge is 2.29. The predicted molar refractivity (Wildman–Crippen MR) is 154 cm³/mol. The van der Waals surface area contributed by atoms with E-state index in [-0.39, 0.29) is 33.1 Å². The Bertz CT molecular complexity index is 1620. The van der Waals surface area contributed by atoms with Crippen molar-refractivity contribution < 1.29 is 22.7 Å². The normalized spacial score (nSPS) is 11.4. The zero-order valence-corrected chi connectivity index (χ0v) is 23.7. The fourth-order valence-corrected chi connectivity index (χ4v) is 6.19. The van der Waals surface area contributed by atoms with Gasteiger partial charge in [-0.1, -0.05) is 42.6 Å². The van der Waals surface area contributed by atoms with Crippen LogP contribution in [0.3, 0.4) is 0 Å². The summed E-state index contributed by atoms with van der Waals surface area (Å²) in [5.74, 6) is -0.882. The highest BCUT2D eigenvalue weighted by atomic mass is 35.5. The number of carbonyl (C=O) groups is 2. The average Bonchev–Trinajstić information content (AvgIpc) is 3.34. The number of halogens is 2. The second-order valence-electron chi connectivity index (χ2n) is 8.75. The summed E-state index contributed by atoms with van der Waals surface area (Å²) in [5, 5.41) is 3.64. The number of rotatable bonds is 10. The highest BCUT2D eigenvalue weighted by molar-refractivity contribution is 7.92. The number of anilines is 1. The fraction of sp³-hybridized carbons (Fsp3) is 0.214. The third-order valence-corrected chi connectivity index (χ3v) is 8.22. The maximum atomic E-state index is 13.8. The van der Waals surface area contributed by atoms with Gasteiger partial charge in [0.05, 0.1) is 22.7 Å². The molecule has 1 amide bonds. The van der Waals surface area contributed by atoms with Crippen LogP contribution < -0.4 is 9.62 Å². The molecule has 0 saturated heterocycles. The molecule has 11 heteroatoms. The lowest BCUT2D eigenvalue weighted by Crippen LogP contribution is -2.36. The Morgan fingerprint density at radius 3 is 2.44 bits per heavy atom. The maximum Gasteiger partial charge on any atom is 0.326 e. The third-order valence-electron chi connectivity index (χ3n) is 6.03. The van der Waals surface area contributed by atoms with Crippen LogP contribution in [-0.4, -0.2) is 45.1 Å². The number of hydrogen-bond acceptors (Lipinski definition) is 5. The molecule has 0 saturated carbocycles. The van der Waals surface area contributed by atoms with Gasteiger partial charge in [0.15, 0.2) is 0 Å². The molecular formula is C28H27Cl2N3O5S. The van der Waals surface area contributed by atoms with Crippen molar-refractivity contribution in [2.45, 2.75) is 24.7 Å². The third kappa shape index (κ3) is 6.38. The Morgan fingerprint density at radius 1 is 1.00 bits per heavy atom. The molecule has 0 spiro atoms. The molecule has 1 heterocycles. The molecule has 0 fully saturated rings. The van der Waals surface area contributed by atoms with Crippen LogP contribution in [0.15, 0.2) is 77.8 Å². The van der Waals surface area contributed by atoms with Crippen molar-refractivity contribution >= 4 is 61.7 Å². The molecule has 0 aliphatic carbocycles. The van der Waals surface area contributed by atoms with Gasteiger partial charge >= 0.3 is 5.97 Å². The molecule has 1 N–H and O–H groups in total. The van der Waals surface area contributed by atoms with E-state index in [2.05, 4.69) is 5.32 Å². The summed E-state index contributed by atoms with van der Waals surface area (Å²) < 4.78 is 35.7. The monoisotopic (exact) mass is 587 g/mol. The number of benzene rings is 3. The Morgan fingerprint density at radius 2 is 1.74 bits per heavy atom. The van der Waals surface area contributed by atoms with Crippen molar-refractivity contribution in [3.63, 3.8) is 0 Å². The number of unbranched alkanes of at least 4 members (excludes halogenated alkanes) is 1. The number of carbonyl (C=O) groups excluding carboxylic acids is 2. The minimum Gasteiger partial charge on any atom is -0.464 e. The number of fused-ring (bicyclic) bond motifs is 1. The van der Waals surface area contributed by atoms with Gasteiger partial charge in [-0.05, 0) is 67.1 Å². The summed E-state index contributed by atoms with van der Waals surface area (Å²) in [6.45, 7) is 1.63. The molecule has 0 aliphatic rings. The second-order valence-corrected chi connectivity index (χ2v) is 11.5. The van der Waals surface area contributed by atoms with Crippen LogP contribution in [0.2, 0.25) is 10.0 Å². The summed E-state index contributed by atoms with van der Waals surface area (Å²) in [5.41, 5.74) is 2.31. The molecule has 0 bridgehead atoms. The summed E-state index contributed by atoms with van der Waals surface area (Å²) in [7, 11) is -2.68. The van der Waals surface area contributed by atoms with E-state index in [0.29, 0.717) is 12.0 Å². The van der Waals surface area contributed by atoms with Crippen LogP contribution in [0.25, 0.3) is 16.6 Å². The van der Waals surface area contributed by atoms with Crippen molar-refractivity contribution in [3.05, 3.63) is 88.5 Å². The van der Waals surface area contributed by atoms with E-state index in [9.17, 15) is 18.0 Å². The van der Waals surface area contributed by atoms with Gasteiger partial charge in [-0.2, -0.15) is 0 Å². The molecule has 0 atom stereocenters. The number of nitrogens with zero attached hydrogens (tertiary/aromatic N) is 2. The van der Waals surface area contributed by atoms with Crippen LogP contribution in [0.5, 0.6) is 0 Å². The van der Waals surface area contributed by atoms with Gasteiger partial charge in [-0.25, -0.2) is 8.42 Å². The smallest absolute Gasteiger partial charge is 0.326 e. The number of esters is 1. The van der Waals surface area contributed by atoms with Gasteiger partial charge in [0.25, 0.3) is 15.9 Å². The minimum atomic E-state index is -4.24. The summed E-state index contributed by atoms with van der Waals surface area (Å²) in [4.78, 5) is 24.6. The van der Waals surface area contributed by atoms with E-state index < -0.39 is 22.5 Å². The van der Waals surface area contributed by atoms with E-state index >= 15 is 0 Å². The second kappa shape index (κ2) is 12.1. The topological polar surface area (TPSA) is 97.7 Å². The first kappa shape index (κ1) is 28.5.